The summed E-state index contributed by atoms with van der Waals surface area (Å²) in [7, 11) is 0. The molecule has 1 saturated carbocycles. The summed E-state index contributed by atoms with van der Waals surface area (Å²) in [5, 5.41) is 0. The molecule has 1 aliphatic carbocycles. The van der Waals surface area contributed by atoms with Crippen LogP contribution in [-0.4, -0.2) is 13.1 Å². The summed E-state index contributed by atoms with van der Waals surface area (Å²) in [5.41, 5.74) is 3.30. The highest BCUT2D eigenvalue weighted by Crippen LogP contribution is 2.52. The van der Waals surface area contributed by atoms with Gasteiger partial charge in [-0.15, -0.1) is 0 Å². The van der Waals surface area contributed by atoms with E-state index in [1.54, 1.807) is 0 Å². The topological polar surface area (TPSA) is 3.24 Å². The Balaban J connectivity index is 1.72. The fourth-order valence-corrected chi connectivity index (χ4v) is 3.51. The van der Waals surface area contributed by atoms with Crippen molar-refractivity contribution < 1.29 is 0 Å². The zero-order chi connectivity index (χ0) is 12.9. The Labute approximate surface area is 111 Å². The molecular weight excluding hydrogens is 218 g/mol. The van der Waals surface area contributed by atoms with Crippen molar-refractivity contribution in [3.8, 4) is 0 Å². The summed E-state index contributed by atoms with van der Waals surface area (Å²) in [6.07, 6.45) is 1.16. The number of fused-ring (bicyclic) bond motifs is 1. The lowest BCUT2D eigenvalue weighted by Crippen LogP contribution is -2.23. The van der Waals surface area contributed by atoms with E-state index in [9.17, 15) is 0 Å². The van der Waals surface area contributed by atoms with Crippen LogP contribution in [0.15, 0.2) is 24.3 Å². The summed E-state index contributed by atoms with van der Waals surface area (Å²) < 4.78 is 0. The molecule has 3 rings (SSSR count). The van der Waals surface area contributed by atoms with Crippen LogP contribution in [-0.2, 0) is 6.42 Å². The molecule has 2 fully saturated rings. The first-order valence-corrected chi connectivity index (χ1v) is 7.28. The molecule has 0 aromatic heterocycles. The van der Waals surface area contributed by atoms with Crippen molar-refractivity contribution >= 4 is 5.69 Å². The molecule has 1 aliphatic heterocycles. The maximum atomic E-state index is 2.58. The van der Waals surface area contributed by atoms with Gasteiger partial charge in [0.2, 0.25) is 0 Å². The molecule has 2 unspecified atom stereocenters. The Morgan fingerprint density at radius 3 is 2.44 bits per heavy atom. The highest BCUT2D eigenvalue weighted by atomic mass is 15.2. The number of benzene rings is 1. The Morgan fingerprint density at radius 2 is 1.83 bits per heavy atom. The van der Waals surface area contributed by atoms with Gasteiger partial charge < -0.3 is 4.90 Å². The van der Waals surface area contributed by atoms with E-state index >= 15 is 0 Å². The second kappa shape index (κ2) is 4.01. The smallest absolute Gasteiger partial charge is 0.0369 e. The van der Waals surface area contributed by atoms with Crippen molar-refractivity contribution in [2.75, 3.05) is 18.0 Å². The minimum atomic E-state index is 0.375. The summed E-state index contributed by atoms with van der Waals surface area (Å²) in [5.74, 6) is 2.95. The van der Waals surface area contributed by atoms with E-state index in [-0.39, 0.29) is 0 Å². The van der Waals surface area contributed by atoms with Gasteiger partial charge in [0.05, 0.1) is 0 Å². The third-order valence-electron chi connectivity index (χ3n) is 4.63. The fraction of sp³-hybridized carbons (Fsp3) is 0.647. The van der Waals surface area contributed by atoms with Crippen molar-refractivity contribution in [1.82, 2.24) is 0 Å². The molecule has 1 aromatic rings. The Bertz CT molecular complexity index is 431. The average Bonchev–Trinajstić information content (AvgIpc) is 2.74. The van der Waals surface area contributed by atoms with Crippen LogP contribution in [0.3, 0.4) is 0 Å². The molecule has 1 saturated heterocycles. The fourth-order valence-electron chi connectivity index (χ4n) is 3.51. The molecule has 0 N–H and O–H groups in total. The molecule has 98 valence electrons. The third-order valence-corrected chi connectivity index (χ3v) is 4.63. The molecular formula is C17H25N. The van der Waals surface area contributed by atoms with Crippen molar-refractivity contribution in [3.63, 3.8) is 0 Å². The first-order valence-electron chi connectivity index (χ1n) is 7.28. The standard InChI is InChI=1S/C17H25N/c1-12-15-10-18(11-16(12)15)14-7-5-6-13(8-14)9-17(2,3)4/h5-8,12,15-16H,9-11H2,1-4H3. The molecule has 0 bridgehead atoms. The van der Waals surface area contributed by atoms with Gasteiger partial charge in [-0.1, -0.05) is 39.8 Å². The minimum absolute atomic E-state index is 0.375. The zero-order valence-corrected chi connectivity index (χ0v) is 12.1. The lowest BCUT2D eigenvalue weighted by molar-refractivity contribution is 0.411. The Hall–Kier alpha value is -0.980. The van der Waals surface area contributed by atoms with Gasteiger partial charge in [0, 0.05) is 18.8 Å². The third kappa shape index (κ3) is 2.28. The van der Waals surface area contributed by atoms with E-state index in [0.717, 1.165) is 24.2 Å². The number of nitrogens with zero attached hydrogens (tertiary/aromatic N) is 1. The van der Waals surface area contributed by atoms with E-state index < -0.39 is 0 Å². The Kier molecular flexibility index (Phi) is 2.69. The highest BCUT2D eigenvalue weighted by Gasteiger charge is 2.52. The second-order valence-electron chi connectivity index (χ2n) is 7.50. The van der Waals surface area contributed by atoms with Crippen LogP contribution in [0.5, 0.6) is 0 Å². The maximum absolute atomic E-state index is 2.58. The molecule has 2 aliphatic rings. The number of rotatable bonds is 2. The van der Waals surface area contributed by atoms with Gasteiger partial charge >= 0.3 is 0 Å². The normalized spacial score (nSPS) is 30.4. The van der Waals surface area contributed by atoms with Crippen LogP contribution in [0.25, 0.3) is 0 Å². The van der Waals surface area contributed by atoms with Crippen molar-refractivity contribution in [3.05, 3.63) is 29.8 Å². The molecule has 1 heterocycles. The molecule has 0 amide bonds. The molecule has 2 atom stereocenters. The predicted molar refractivity (Wildman–Crippen MR) is 78.0 cm³/mol. The molecule has 1 nitrogen and oxygen atoms in total. The van der Waals surface area contributed by atoms with Crippen molar-refractivity contribution in [1.29, 1.82) is 0 Å². The van der Waals surface area contributed by atoms with E-state index in [0.29, 0.717) is 5.41 Å². The van der Waals surface area contributed by atoms with Gasteiger partial charge in [-0.3, -0.25) is 0 Å². The molecule has 0 radical (unpaired) electrons. The second-order valence-corrected chi connectivity index (χ2v) is 7.50. The van der Waals surface area contributed by atoms with Gasteiger partial charge in [0.15, 0.2) is 0 Å². The van der Waals surface area contributed by atoms with Gasteiger partial charge in [0.25, 0.3) is 0 Å². The van der Waals surface area contributed by atoms with Crippen LogP contribution < -0.4 is 4.90 Å². The summed E-state index contributed by atoms with van der Waals surface area (Å²) in [4.78, 5) is 2.58. The largest absolute Gasteiger partial charge is 0.371 e. The lowest BCUT2D eigenvalue weighted by Gasteiger charge is -2.23. The van der Waals surface area contributed by atoms with Crippen LogP contribution in [0.1, 0.15) is 33.3 Å². The summed E-state index contributed by atoms with van der Waals surface area (Å²) in [6.45, 7) is 11.9. The number of piperidine rings is 1. The van der Waals surface area contributed by atoms with Crippen LogP contribution >= 0.6 is 0 Å². The average molecular weight is 243 g/mol. The number of anilines is 1. The van der Waals surface area contributed by atoms with E-state index in [4.69, 9.17) is 0 Å². The van der Waals surface area contributed by atoms with Gasteiger partial charge in [-0.2, -0.15) is 0 Å². The van der Waals surface area contributed by atoms with Gasteiger partial charge in [-0.25, -0.2) is 0 Å². The van der Waals surface area contributed by atoms with Crippen LogP contribution in [0.2, 0.25) is 0 Å². The van der Waals surface area contributed by atoms with E-state index in [1.165, 1.54) is 24.3 Å². The van der Waals surface area contributed by atoms with Crippen molar-refractivity contribution in [2.45, 2.75) is 34.1 Å². The zero-order valence-electron chi connectivity index (χ0n) is 12.1. The first-order chi connectivity index (χ1) is 8.44. The number of hydrogen-bond acceptors (Lipinski definition) is 1. The van der Waals surface area contributed by atoms with Crippen LogP contribution in [0.4, 0.5) is 5.69 Å². The first kappa shape index (κ1) is 12.1. The summed E-state index contributed by atoms with van der Waals surface area (Å²) >= 11 is 0. The molecule has 1 heteroatoms. The minimum Gasteiger partial charge on any atom is -0.371 e. The van der Waals surface area contributed by atoms with Crippen LogP contribution in [0, 0.1) is 23.2 Å². The predicted octanol–water partition coefficient (Wildman–Crippen LogP) is 3.98. The molecule has 1 aromatic carbocycles. The lowest BCUT2D eigenvalue weighted by atomic mass is 9.88. The number of hydrogen-bond donors (Lipinski definition) is 0. The van der Waals surface area contributed by atoms with E-state index in [1.807, 2.05) is 0 Å². The van der Waals surface area contributed by atoms with Crippen molar-refractivity contribution in [2.24, 2.45) is 23.2 Å². The highest BCUT2D eigenvalue weighted by molar-refractivity contribution is 5.51. The van der Waals surface area contributed by atoms with Gasteiger partial charge in [0.1, 0.15) is 0 Å². The SMILES string of the molecule is CC1C2CN(c3cccc(CC(C)(C)C)c3)CC12. The summed E-state index contributed by atoms with van der Waals surface area (Å²) in [6, 6.07) is 9.18. The van der Waals surface area contributed by atoms with Gasteiger partial charge in [-0.05, 0) is 47.3 Å². The maximum Gasteiger partial charge on any atom is 0.0369 e. The monoisotopic (exact) mass is 243 g/mol. The quantitative estimate of drug-likeness (QED) is 0.759. The molecule has 0 spiro atoms. The Morgan fingerprint density at radius 1 is 1.17 bits per heavy atom. The van der Waals surface area contributed by atoms with E-state index in [2.05, 4.69) is 56.9 Å². The molecule has 18 heavy (non-hydrogen) atoms.